The number of benzene rings is 1. The monoisotopic (exact) mass is 437 g/mol. The van der Waals surface area contributed by atoms with E-state index in [1.54, 1.807) is 14.2 Å². The third-order valence-corrected chi connectivity index (χ3v) is 10.5. The first-order chi connectivity index (χ1) is 15.4. The largest absolute Gasteiger partial charge is 0.493 e. The minimum absolute atomic E-state index is 0.108. The molecule has 4 bridgehead atoms. The van der Waals surface area contributed by atoms with Crippen LogP contribution in [0.25, 0.3) is 0 Å². The van der Waals surface area contributed by atoms with E-state index in [1.165, 1.54) is 11.1 Å². The average Bonchev–Trinajstić information content (AvgIpc) is 3.58. The first-order valence-electron chi connectivity index (χ1n) is 12.1. The summed E-state index contributed by atoms with van der Waals surface area (Å²) >= 11 is 0. The number of piperidine rings is 1. The van der Waals surface area contributed by atoms with Crippen molar-refractivity contribution in [3.8, 4) is 11.5 Å². The number of fused-ring (bicyclic) bond motifs is 2. The van der Waals surface area contributed by atoms with E-state index >= 15 is 0 Å². The number of hydrogen-bond acceptors (Lipinski definition) is 5. The van der Waals surface area contributed by atoms with Gasteiger partial charge in [-0.05, 0) is 63.5 Å². The smallest absolute Gasteiger partial charge is 0.225 e. The maximum Gasteiger partial charge on any atom is 0.225 e. The molecule has 1 saturated heterocycles. The molecule has 8 rings (SSSR count). The van der Waals surface area contributed by atoms with Crippen molar-refractivity contribution >= 4 is 12.2 Å². The third kappa shape index (κ3) is 1.77. The molecule has 5 fully saturated rings. The summed E-state index contributed by atoms with van der Waals surface area (Å²) in [5.41, 5.74) is 0.796. The molecule has 6 heteroatoms. The Hall–Kier alpha value is -2.08. The Morgan fingerprint density at radius 3 is 2.72 bits per heavy atom. The predicted molar refractivity (Wildman–Crippen MR) is 116 cm³/mol. The van der Waals surface area contributed by atoms with Crippen LogP contribution in [0.2, 0.25) is 0 Å². The first kappa shape index (κ1) is 19.4. The summed E-state index contributed by atoms with van der Waals surface area (Å²) in [7, 11) is 3.43. The Balaban J connectivity index is 1.52. The summed E-state index contributed by atoms with van der Waals surface area (Å²) in [6.07, 6.45) is 7.07. The highest BCUT2D eigenvalue weighted by atomic mass is 16.6. The van der Waals surface area contributed by atoms with E-state index in [0.717, 1.165) is 69.3 Å². The fourth-order valence-corrected chi connectivity index (χ4v) is 9.06. The molecule has 4 saturated carbocycles. The lowest BCUT2D eigenvalue weighted by Crippen LogP contribution is -2.83. The second kappa shape index (κ2) is 5.69. The van der Waals surface area contributed by atoms with Crippen LogP contribution < -0.4 is 9.47 Å². The van der Waals surface area contributed by atoms with Gasteiger partial charge in [0.05, 0.1) is 12.5 Å². The first-order valence-corrected chi connectivity index (χ1v) is 12.1. The molecule has 2 aliphatic heterocycles. The second-order valence-corrected chi connectivity index (χ2v) is 11.3. The SMILES string of the molecule is COc1ccc2c3c1O[C@@H]1[C@]34CCN(C(=O)C3CC3)[C@H](C2)C42CC[C@@]1(OC)[C@@](C)(C=O)C2. The van der Waals surface area contributed by atoms with E-state index in [0.29, 0.717) is 5.91 Å². The van der Waals surface area contributed by atoms with E-state index in [2.05, 4.69) is 17.9 Å². The summed E-state index contributed by atoms with van der Waals surface area (Å²) in [6.45, 7) is 2.81. The fourth-order valence-electron chi connectivity index (χ4n) is 9.06. The van der Waals surface area contributed by atoms with Crippen molar-refractivity contribution < 1.29 is 23.8 Å². The summed E-state index contributed by atoms with van der Waals surface area (Å²) in [6, 6.07) is 4.29. The van der Waals surface area contributed by atoms with Gasteiger partial charge in [0, 0.05) is 42.0 Å². The van der Waals surface area contributed by atoms with Crippen molar-refractivity contribution in [3.05, 3.63) is 23.3 Å². The summed E-state index contributed by atoms with van der Waals surface area (Å²) in [5.74, 6) is 2.13. The molecule has 2 heterocycles. The number of hydrogen-bond donors (Lipinski definition) is 0. The number of likely N-dealkylation sites (tertiary alicyclic amines) is 1. The lowest BCUT2D eigenvalue weighted by atomic mass is 9.32. The van der Waals surface area contributed by atoms with E-state index in [-0.39, 0.29) is 28.9 Å². The van der Waals surface area contributed by atoms with Gasteiger partial charge < -0.3 is 23.9 Å². The van der Waals surface area contributed by atoms with Crippen LogP contribution in [0.1, 0.15) is 56.6 Å². The van der Waals surface area contributed by atoms with E-state index in [4.69, 9.17) is 14.2 Å². The number of carbonyl (C=O) groups is 2. The third-order valence-electron chi connectivity index (χ3n) is 10.5. The second-order valence-electron chi connectivity index (χ2n) is 11.3. The van der Waals surface area contributed by atoms with Gasteiger partial charge in [-0.25, -0.2) is 0 Å². The zero-order valence-corrected chi connectivity index (χ0v) is 19.1. The van der Waals surface area contributed by atoms with Gasteiger partial charge in [0.25, 0.3) is 0 Å². The number of aldehydes is 1. The van der Waals surface area contributed by atoms with Crippen molar-refractivity contribution in [1.82, 2.24) is 4.90 Å². The molecule has 5 aliphatic carbocycles. The maximum absolute atomic E-state index is 13.4. The van der Waals surface area contributed by atoms with Crippen LogP contribution in [0, 0.1) is 16.7 Å². The molecule has 0 N–H and O–H groups in total. The highest BCUT2D eigenvalue weighted by Gasteiger charge is 2.83. The molecule has 1 aromatic carbocycles. The molecule has 32 heavy (non-hydrogen) atoms. The molecule has 0 radical (unpaired) electrons. The van der Waals surface area contributed by atoms with Crippen molar-refractivity contribution in [2.45, 2.75) is 75.0 Å². The van der Waals surface area contributed by atoms with E-state index in [9.17, 15) is 9.59 Å². The number of methoxy groups -OCH3 is 2. The molecule has 1 aromatic rings. The van der Waals surface area contributed by atoms with Crippen molar-refractivity contribution in [3.63, 3.8) is 0 Å². The number of amides is 1. The van der Waals surface area contributed by atoms with Gasteiger partial charge in [0.1, 0.15) is 18.0 Å². The van der Waals surface area contributed by atoms with Crippen LogP contribution >= 0.6 is 0 Å². The topological polar surface area (TPSA) is 65.1 Å². The van der Waals surface area contributed by atoms with Crippen LogP contribution in [-0.4, -0.2) is 55.6 Å². The Morgan fingerprint density at radius 2 is 2.03 bits per heavy atom. The standard InChI is InChI=1S/C26H31NO5/c1-23(14-28)13-24-8-9-26(23,31-3)22-25(24)10-11-27(21(29)15-4-5-15)18(24)12-16-6-7-17(30-2)20(32-22)19(16)25/h6-7,14-15,18,22H,4-5,8-13H2,1-3H3/t18-,22-,23-,24?,25+,26+/m1/s1. The zero-order valence-electron chi connectivity index (χ0n) is 19.1. The molecule has 6 nitrogen and oxygen atoms in total. The number of nitrogens with zero attached hydrogens (tertiary/aromatic N) is 1. The maximum atomic E-state index is 13.4. The normalized spacial score (nSPS) is 44.7. The van der Waals surface area contributed by atoms with Crippen molar-refractivity contribution in [2.24, 2.45) is 16.7 Å². The molecule has 1 unspecified atom stereocenters. The van der Waals surface area contributed by atoms with E-state index < -0.39 is 11.0 Å². The van der Waals surface area contributed by atoms with E-state index in [1.807, 2.05) is 6.07 Å². The van der Waals surface area contributed by atoms with Crippen LogP contribution in [-0.2, 0) is 26.2 Å². The molecule has 1 amide bonds. The summed E-state index contributed by atoms with van der Waals surface area (Å²) < 4.78 is 18.9. The molecule has 0 aromatic heterocycles. The average molecular weight is 438 g/mol. The van der Waals surface area contributed by atoms with Crippen LogP contribution in [0.4, 0.5) is 0 Å². The summed E-state index contributed by atoms with van der Waals surface area (Å²) in [5, 5.41) is 0. The molecule has 2 spiro atoms. The van der Waals surface area contributed by atoms with Gasteiger partial charge in [-0.1, -0.05) is 6.07 Å². The van der Waals surface area contributed by atoms with Gasteiger partial charge in [-0.2, -0.15) is 0 Å². The highest BCUT2D eigenvalue weighted by molar-refractivity contribution is 5.82. The molecule has 170 valence electrons. The quantitative estimate of drug-likeness (QED) is 0.678. The van der Waals surface area contributed by atoms with Crippen LogP contribution in [0.5, 0.6) is 11.5 Å². The van der Waals surface area contributed by atoms with Gasteiger partial charge in [-0.15, -0.1) is 0 Å². The highest BCUT2D eigenvalue weighted by Crippen LogP contribution is 2.78. The molecule has 6 atom stereocenters. The Kier molecular flexibility index (Phi) is 3.45. The van der Waals surface area contributed by atoms with Crippen molar-refractivity contribution in [2.75, 3.05) is 20.8 Å². The van der Waals surface area contributed by atoms with Gasteiger partial charge in [-0.3, -0.25) is 4.79 Å². The number of rotatable bonds is 4. The van der Waals surface area contributed by atoms with Crippen LogP contribution in [0.3, 0.4) is 0 Å². The lowest BCUT2D eigenvalue weighted by molar-refractivity contribution is -0.292. The molecule has 7 aliphatic rings. The number of carbonyl (C=O) groups excluding carboxylic acids is 2. The van der Waals surface area contributed by atoms with Gasteiger partial charge >= 0.3 is 0 Å². The van der Waals surface area contributed by atoms with Gasteiger partial charge in [0.2, 0.25) is 5.91 Å². The number of ether oxygens (including phenoxy) is 3. The minimum atomic E-state index is -0.678. The van der Waals surface area contributed by atoms with Gasteiger partial charge in [0.15, 0.2) is 11.5 Å². The zero-order chi connectivity index (χ0) is 22.1. The van der Waals surface area contributed by atoms with Crippen molar-refractivity contribution in [1.29, 1.82) is 0 Å². The Labute approximate surface area is 188 Å². The Bertz CT molecular complexity index is 1070. The molecular formula is C26H31NO5. The minimum Gasteiger partial charge on any atom is -0.493 e. The Morgan fingerprint density at radius 1 is 1.22 bits per heavy atom. The predicted octanol–water partition coefficient (Wildman–Crippen LogP) is 3.04. The summed E-state index contributed by atoms with van der Waals surface area (Å²) in [4.78, 5) is 28.4. The van der Waals surface area contributed by atoms with Crippen LogP contribution in [0.15, 0.2) is 12.1 Å². The molecular weight excluding hydrogens is 406 g/mol. The lowest BCUT2D eigenvalue weighted by Gasteiger charge is -2.75. The fraction of sp³-hybridized carbons (Fsp3) is 0.692.